The predicted octanol–water partition coefficient (Wildman–Crippen LogP) is 8.83. The fourth-order valence-electron chi connectivity index (χ4n) is 7.09. The normalized spacial score (nSPS) is 18.9. The number of halogens is 1. The van der Waals surface area contributed by atoms with E-state index < -0.39 is 5.79 Å². The monoisotopic (exact) mass is 649 g/mol. The Hall–Kier alpha value is -4.40. The summed E-state index contributed by atoms with van der Waals surface area (Å²) in [5.74, 6) is -1.36. The van der Waals surface area contributed by atoms with Crippen LogP contribution in [0.5, 0.6) is 0 Å². The average molecular weight is 650 g/mol. The number of ketones is 1. The highest BCUT2D eigenvalue weighted by molar-refractivity contribution is 6.40. The number of carbonyl (C=O) groups excluding carboxylic acids is 2. The Morgan fingerprint density at radius 1 is 0.938 bits per heavy atom. The molecule has 0 saturated carbocycles. The van der Waals surface area contributed by atoms with Crippen LogP contribution in [0, 0.1) is 5.82 Å². The van der Waals surface area contributed by atoms with Gasteiger partial charge in [-0.3, -0.25) is 14.6 Å². The van der Waals surface area contributed by atoms with Crippen LogP contribution in [0.1, 0.15) is 81.8 Å². The topological polar surface area (TPSA) is 81.9 Å². The molecule has 0 spiro atoms. The smallest absolute Gasteiger partial charge is 0.258 e. The number of nitrogens with zero attached hydrogens (tertiary/aromatic N) is 2. The van der Waals surface area contributed by atoms with Crippen molar-refractivity contribution >= 4 is 23.1 Å². The summed E-state index contributed by atoms with van der Waals surface area (Å²) in [6, 6.07) is 25.8. The molecule has 3 heterocycles. The highest BCUT2D eigenvalue weighted by Crippen LogP contribution is 2.43. The zero-order valence-electron chi connectivity index (χ0n) is 28.2. The first-order valence-corrected chi connectivity index (χ1v) is 17.0. The number of para-hydroxylation sites is 1. The van der Waals surface area contributed by atoms with E-state index in [1.54, 1.807) is 12.1 Å². The van der Waals surface area contributed by atoms with Gasteiger partial charge in [-0.15, -0.1) is 0 Å². The Morgan fingerprint density at radius 2 is 1.60 bits per heavy atom. The number of carbonyl (C=O) groups is 2. The van der Waals surface area contributed by atoms with E-state index in [4.69, 9.17) is 9.47 Å². The number of aliphatic imine (C=N–C) groups is 1. The lowest BCUT2D eigenvalue weighted by Crippen LogP contribution is -2.46. The lowest BCUT2D eigenvalue weighted by Gasteiger charge is -2.41. The fourth-order valence-corrected chi connectivity index (χ4v) is 7.09. The second-order valence-electron chi connectivity index (χ2n) is 13.4. The summed E-state index contributed by atoms with van der Waals surface area (Å²) in [5, 5.41) is 3.13. The molecule has 0 radical (unpaired) electrons. The van der Waals surface area contributed by atoms with Crippen molar-refractivity contribution in [1.82, 2.24) is 4.57 Å². The fraction of sp³-hybridized carbons (Fsp3) is 0.375. The van der Waals surface area contributed by atoms with E-state index in [9.17, 15) is 14.0 Å². The van der Waals surface area contributed by atoms with Crippen molar-refractivity contribution in [3.8, 4) is 22.4 Å². The van der Waals surface area contributed by atoms with E-state index in [0.29, 0.717) is 42.9 Å². The van der Waals surface area contributed by atoms with Crippen LogP contribution in [-0.2, 0) is 20.8 Å². The summed E-state index contributed by atoms with van der Waals surface area (Å²) in [7, 11) is 0. The van der Waals surface area contributed by atoms with Gasteiger partial charge in [0.2, 0.25) is 0 Å². The molecular weight excluding hydrogens is 605 g/mol. The molecule has 0 unspecified atom stereocenters. The molecule has 250 valence electrons. The minimum Gasteiger partial charge on any atom is -0.347 e. The number of benzene rings is 3. The Morgan fingerprint density at radius 3 is 2.25 bits per heavy atom. The zero-order valence-corrected chi connectivity index (χ0v) is 28.2. The lowest BCUT2D eigenvalue weighted by atomic mass is 9.94. The summed E-state index contributed by atoms with van der Waals surface area (Å²) in [6.07, 6.45) is 2.65. The minimum absolute atomic E-state index is 0.0252. The quantitative estimate of drug-likeness (QED) is 0.176. The molecule has 2 aliphatic heterocycles. The predicted molar refractivity (Wildman–Crippen MR) is 188 cm³/mol. The summed E-state index contributed by atoms with van der Waals surface area (Å²) in [5.41, 5.74) is 6.21. The van der Waals surface area contributed by atoms with Crippen LogP contribution >= 0.6 is 0 Å². The van der Waals surface area contributed by atoms with Crippen molar-refractivity contribution in [3.05, 3.63) is 102 Å². The first-order chi connectivity index (χ1) is 23.1. The Bertz CT molecular complexity index is 1780. The van der Waals surface area contributed by atoms with E-state index in [0.717, 1.165) is 40.9 Å². The molecule has 48 heavy (non-hydrogen) atoms. The molecule has 7 nitrogen and oxygen atoms in total. The number of hydrogen-bond donors (Lipinski definition) is 1. The van der Waals surface area contributed by atoms with Crippen molar-refractivity contribution in [1.29, 1.82) is 0 Å². The lowest BCUT2D eigenvalue weighted by molar-refractivity contribution is -0.299. The maximum Gasteiger partial charge on any atom is 0.258 e. The third-order valence-electron chi connectivity index (χ3n) is 9.00. The molecule has 8 heteroatoms. The van der Waals surface area contributed by atoms with Crippen molar-refractivity contribution in [2.45, 2.75) is 90.3 Å². The van der Waals surface area contributed by atoms with Gasteiger partial charge in [0.1, 0.15) is 5.82 Å². The maximum absolute atomic E-state index is 14.4. The molecule has 2 atom stereocenters. The Balaban J connectivity index is 1.42. The molecule has 1 N–H and O–H groups in total. The van der Waals surface area contributed by atoms with Crippen LogP contribution in [0.25, 0.3) is 22.4 Å². The molecule has 1 fully saturated rings. The first-order valence-electron chi connectivity index (χ1n) is 17.0. The van der Waals surface area contributed by atoms with Crippen LogP contribution in [-0.4, -0.2) is 46.5 Å². The van der Waals surface area contributed by atoms with E-state index >= 15 is 0 Å². The van der Waals surface area contributed by atoms with Crippen LogP contribution in [0.2, 0.25) is 0 Å². The van der Waals surface area contributed by atoms with Crippen LogP contribution in [0.15, 0.2) is 89.9 Å². The highest BCUT2D eigenvalue weighted by atomic mass is 19.1. The molecule has 3 aromatic carbocycles. The van der Waals surface area contributed by atoms with E-state index in [1.165, 1.54) is 12.1 Å². The number of Topliss-reactive ketones (excluding diaryl/α,β-unsaturated/α-hetero) is 1. The minimum atomic E-state index is -0.862. The van der Waals surface area contributed by atoms with Gasteiger partial charge < -0.3 is 19.4 Å². The van der Waals surface area contributed by atoms with Gasteiger partial charge in [-0.2, -0.15) is 0 Å². The van der Waals surface area contributed by atoms with Gasteiger partial charge in [0.05, 0.1) is 29.2 Å². The van der Waals surface area contributed by atoms with Crippen molar-refractivity contribution in [2.24, 2.45) is 4.99 Å². The first kappa shape index (κ1) is 33.5. The molecular formula is C40H44FN3O4. The molecule has 1 saturated heterocycles. The third-order valence-corrected chi connectivity index (χ3v) is 9.00. The molecule has 0 aliphatic carbocycles. The van der Waals surface area contributed by atoms with Gasteiger partial charge in [0, 0.05) is 42.9 Å². The number of hydrogen-bond acceptors (Lipinski definition) is 5. The van der Waals surface area contributed by atoms with Gasteiger partial charge in [0.25, 0.3) is 5.91 Å². The summed E-state index contributed by atoms with van der Waals surface area (Å²) < 4.78 is 29.2. The average Bonchev–Trinajstić information content (AvgIpc) is 3.72. The van der Waals surface area contributed by atoms with Crippen molar-refractivity contribution in [3.63, 3.8) is 0 Å². The third kappa shape index (κ3) is 7.50. The summed E-state index contributed by atoms with van der Waals surface area (Å²) in [4.78, 5) is 31.8. The van der Waals surface area contributed by atoms with E-state index in [1.807, 2.05) is 74.5 Å². The van der Waals surface area contributed by atoms with Gasteiger partial charge in [-0.05, 0) is 86.6 Å². The molecule has 2 aliphatic rings. The number of aromatic nitrogens is 1. The molecule has 1 aromatic heterocycles. The Labute approximate surface area is 282 Å². The van der Waals surface area contributed by atoms with Gasteiger partial charge in [0.15, 0.2) is 11.6 Å². The number of amides is 1. The zero-order chi connectivity index (χ0) is 33.8. The standard InChI is InChI=1S/C40H44FN3O4/c1-26(2)37-36(39(46)43-30-14-9-6-10-15-30)35(27-12-7-5-8-13-27)38(28-17-19-29(41)20-18-28)44(37)23-21-31-24-32(48-40(3,4)47-31)25-34(45)33-16-11-22-42-33/h5-10,12-15,17-20,26,31-32H,11,16,21-25H2,1-4H3,(H,43,46)/t31-,32-/m1/s1. The molecule has 6 rings (SSSR count). The molecule has 1 amide bonds. The summed E-state index contributed by atoms with van der Waals surface area (Å²) >= 11 is 0. The molecule has 0 bridgehead atoms. The SMILES string of the molecule is CC(C)c1c(C(=O)Nc2ccccc2)c(-c2ccccc2)c(-c2ccc(F)cc2)n1CC[C@@H]1C[C@H](CC(=O)C2=NCCC2)OC(C)(C)O1. The second kappa shape index (κ2) is 14.4. The molecule has 4 aromatic rings. The van der Waals surface area contributed by atoms with Crippen LogP contribution in [0.4, 0.5) is 10.1 Å². The largest absolute Gasteiger partial charge is 0.347 e. The maximum atomic E-state index is 14.4. The number of nitrogens with one attached hydrogen (secondary N) is 1. The number of rotatable bonds is 11. The Kier molecular flexibility index (Phi) is 10.0. The van der Waals surface area contributed by atoms with Gasteiger partial charge in [-0.1, -0.05) is 62.4 Å². The number of anilines is 1. The van der Waals surface area contributed by atoms with Crippen LogP contribution in [0.3, 0.4) is 0 Å². The van der Waals surface area contributed by atoms with Crippen molar-refractivity contribution < 1.29 is 23.5 Å². The summed E-state index contributed by atoms with van der Waals surface area (Å²) in [6.45, 7) is 9.22. The number of ether oxygens (including phenoxy) is 2. The van der Waals surface area contributed by atoms with Crippen LogP contribution < -0.4 is 5.32 Å². The highest BCUT2D eigenvalue weighted by Gasteiger charge is 2.38. The van der Waals surface area contributed by atoms with Crippen molar-refractivity contribution in [2.75, 3.05) is 11.9 Å². The van der Waals surface area contributed by atoms with Gasteiger partial charge >= 0.3 is 0 Å². The van der Waals surface area contributed by atoms with E-state index in [2.05, 4.69) is 28.7 Å². The van der Waals surface area contributed by atoms with Gasteiger partial charge in [-0.25, -0.2) is 4.39 Å². The van der Waals surface area contributed by atoms with E-state index in [-0.39, 0.29) is 42.1 Å². The second-order valence-corrected chi connectivity index (χ2v) is 13.4.